The summed E-state index contributed by atoms with van der Waals surface area (Å²) in [6.07, 6.45) is 0. The Bertz CT molecular complexity index is 985. The van der Waals surface area contributed by atoms with E-state index in [9.17, 15) is 13.2 Å². The molecule has 0 atom stereocenters. The van der Waals surface area contributed by atoms with Gasteiger partial charge in [0, 0.05) is 42.9 Å². The fourth-order valence-corrected chi connectivity index (χ4v) is 5.01. The molecule has 162 valence electrons. The number of sulfone groups is 1. The van der Waals surface area contributed by atoms with Crippen molar-refractivity contribution in [1.82, 2.24) is 9.80 Å². The van der Waals surface area contributed by atoms with E-state index < -0.39 is 9.84 Å². The Labute approximate surface area is 187 Å². The fourth-order valence-electron chi connectivity index (χ4n) is 3.46. The molecule has 0 unspecified atom stereocenters. The van der Waals surface area contributed by atoms with Gasteiger partial charge in [-0.3, -0.25) is 14.6 Å². The average molecular weight is 494 g/mol. The van der Waals surface area contributed by atoms with Crippen molar-refractivity contribution in [3.05, 3.63) is 58.1 Å². The largest absolute Gasteiger partial charge is 0.325 e. The first kappa shape index (κ1) is 22.9. The Morgan fingerprint density at radius 2 is 1.63 bits per heavy atom. The number of benzene rings is 2. The number of carbonyl (C=O) groups is 1. The highest BCUT2D eigenvalue weighted by atomic mass is 79.9. The molecule has 30 heavy (non-hydrogen) atoms. The number of amides is 1. The Hall–Kier alpha value is -1.74. The SMILES string of the molecule is Cc1cccc(NC(=O)CN2CCN(CCS(=O)(=O)c3ccc(Br)cc3)CC2)c1C. The van der Waals surface area contributed by atoms with Crippen LogP contribution in [0.2, 0.25) is 0 Å². The lowest BCUT2D eigenvalue weighted by Gasteiger charge is -2.34. The summed E-state index contributed by atoms with van der Waals surface area (Å²) in [7, 11) is -3.29. The number of rotatable bonds is 7. The molecule has 0 bridgehead atoms. The zero-order valence-electron chi connectivity index (χ0n) is 17.4. The van der Waals surface area contributed by atoms with Gasteiger partial charge in [-0.05, 0) is 55.3 Å². The fraction of sp³-hybridized carbons (Fsp3) is 0.409. The van der Waals surface area contributed by atoms with Crippen molar-refractivity contribution >= 4 is 37.4 Å². The molecule has 6 nitrogen and oxygen atoms in total. The first-order valence-corrected chi connectivity index (χ1v) is 12.5. The van der Waals surface area contributed by atoms with Crippen LogP contribution < -0.4 is 5.32 Å². The molecule has 0 spiro atoms. The Morgan fingerprint density at radius 1 is 1.00 bits per heavy atom. The molecule has 8 heteroatoms. The van der Waals surface area contributed by atoms with E-state index in [1.165, 1.54) is 0 Å². The summed E-state index contributed by atoms with van der Waals surface area (Å²) in [5, 5.41) is 3.00. The van der Waals surface area contributed by atoms with E-state index in [0.29, 0.717) is 18.0 Å². The maximum absolute atomic E-state index is 12.5. The summed E-state index contributed by atoms with van der Waals surface area (Å²) < 4.78 is 25.9. The van der Waals surface area contributed by atoms with Gasteiger partial charge in [-0.1, -0.05) is 28.1 Å². The normalized spacial score (nSPS) is 15.8. The van der Waals surface area contributed by atoms with Gasteiger partial charge in [-0.2, -0.15) is 0 Å². The number of piperazine rings is 1. The van der Waals surface area contributed by atoms with Gasteiger partial charge in [-0.15, -0.1) is 0 Å². The van der Waals surface area contributed by atoms with Crippen molar-refractivity contribution in [2.24, 2.45) is 0 Å². The van der Waals surface area contributed by atoms with Crippen molar-refractivity contribution < 1.29 is 13.2 Å². The summed E-state index contributed by atoms with van der Waals surface area (Å²) in [5.41, 5.74) is 3.10. The molecule has 3 rings (SSSR count). The predicted molar refractivity (Wildman–Crippen MR) is 124 cm³/mol. The second-order valence-corrected chi connectivity index (χ2v) is 10.7. The Balaban J connectivity index is 1.44. The molecule has 1 N–H and O–H groups in total. The number of hydrogen-bond acceptors (Lipinski definition) is 5. The molecule has 0 radical (unpaired) electrons. The smallest absolute Gasteiger partial charge is 0.238 e. The van der Waals surface area contributed by atoms with E-state index in [1.807, 2.05) is 32.0 Å². The Kier molecular flexibility index (Phi) is 7.68. The van der Waals surface area contributed by atoms with Crippen molar-refractivity contribution in [2.45, 2.75) is 18.7 Å². The van der Waals surface area contributed by atoms with Crippen molar-refractivity contribution in [3.8, 4) is 0 Å². The molecular weight excluding hydrogens is 466 g/mol. The van der Waals surface area contributed by atoms with E-state index >= 15 is 0 Å². The van der Waals surface area contributed by atoms with Crippen molar-refractivity contribution in [1.29, 1.82) is 0 Å². The molecule has 1 amide bonds. The molecule has 1 aliphatic heterocycles. The number of aryl methyl sites for hydroxylation is 1. The first-order valence-electron chi connectivity index (χ1n) is 10.0. The van der Waals surface area contributed by atoms with Gasteiger partial charge in [-0.25, -0.2) is 8.42 Å². The van der Waals surface area contributed by atoms with Crippen LogP contribution in [0, 0.1) is 13.8 Å². The van der Waals surface area contributed by atoms with E-state index in [2.05, 4.69) is 31.0 Å². The molecule has 1 fully saturated rings. The van der Waals surface area contributed by atoms with Crippen LogP contribution in [0.25, 0.3) is 0 Å². The van der Waals surface area contributed by atoms with Crippen LogP contribution in [0.4, 0.5) is 5.69 Å². The van der Waals surface area contributed by atoms with Crippen LogP contribution in [-0.2, 0) is 14.6 Å². The number of halogens is 1. The monoisotopic (exact) mass is 493 g/mol. The lowest BCUT2D eigenvalue weighted by atomic mass is 10.1. The van der Waals surface area contributed by atoms with E-state index in [0.717, 1.165) is 47.5 Å². The third-order valence-corrected chi connectivity index (χ3v) is 7.80. The quantitative estimate of drug-likeness (QED) is 0.641. The summed E-state index contributed by atoms with van der Waals surface area (Å²) in [5.74, 6) is 0.0804. The molecule has 1 heterocycles. The van der Waals surface area contributed by atoms with Crippen LogP contribution in [-0.4, -0.2) is 69.1 Å². The summed E-state index contributed by atoms with van der Waals surface area (Å²) in [6.45, 7) is 7.89. The van der Waals surface area contributed by atoms with Crippen LogP contribution in [0.15, 0.2) is 51.8 Å². The minimum atomic E-state index is -3.29. The molecule has 1 saturated heterocycles. The third kappa shape index (κ3) is 6.14. The van der Waals surface area contributed by atoms with Crippen LogP contribution >= 0.6 is 15.9 Å². The van der Waals surface area contributed by atoms with Gasteiger partial charge in [0.1, 0.15) is 0 Å². The maximum Gasteiger partial charge on any atom is 0.238 e. The lowest BCUT2D eigenvalue weighted by Crippen LogP contribution is -2.49. The van der Waals surface area contributed by atoms with Crippen LogP contribution in [0.5, 0.6) is 0 Å². The van der Waals surface area contributed by atoms with Gasteiger partial charge in [0.05, 0.1) is 17.2 Å². The molecule has 2 aromatic rings. The zero-order chi connectivity index (χ0) is 21.7. The molecule has 0 saturated carbocycles. The summed E-state index contributed by atoms with van der Waals surface area (Å²) in [6, 6.07) is 12.6. The van der Waals surface area contributed by atoms with E-state index in [-0.39, 0.29) is 11.7 Å². The number of nitrogens with one attached hydrogen (secondary N) is 1. The van der Waals surface area contributed by atoms with Gasteiger partial charge in [0.15, 0.2) is 9.84 Å². The number of anilines is 1. The van der Waals surface area contributed by atoms with Crippen LogP contribution in [0.1, 0.15) is 11.1 Å². The first-order chi connectivity index (χ1) is 14.2. The molecule has 2 aromatic carbocycles. The summed E-state index contributed by atoms with van der Waals surface area (Å²) in [4.78, 5) is 17.0. The number of hydrogen-bond donors (Lipinski definition) is 1. The molecule has 1 aliphatic rings. The van der Waals surface area contributed by atoms with E-state index in [4.69, 9.17) is 0 Å². The predicted octanol–water partition coefficient (Wildman–Crippen LogP) is 3.10. The van der Waals surface area contributed by atoms with Gasteiger partial charge < -0.3 is 5.32 Å². The zero-order valence-corrected chi connectivity index (χ0v) is 19.8. The highest BCUT2D eigenvalue weighted by Crippen LogP contribution is 2.18. The molecule has 0 aromatic heterocycles. The molecule has 0 aliphatic carbocycles. The van der Waals surface area contributed by atoms with Gasteiger partial charge in [0.25, 0.3) is 0 Å². The second-order valence-electron chi connectivity index (χ2n) is 7.69. The van der Waals surface area contributed by atoms with Crippen molar-refractivity contribution in [3.63, 3.8) is 0 Å². The lowest BCUT2D eigenvalue weighted by molar-refractivity contribution is -0.117. The third-order valence-electron chi connectivity index (χ3n) is 5.56. The second kappa shape index (κ2) is 10.0. The number of carbonyl (C=O) groups excluding carboxylic acids is 1. The van der Waals surface area contributed by atoms with Crippen molar-refractivity contribution in [2.75, 3.05) is 50.3 Å². The minimum absolute atomic E-state index is 0.0185. The molecular formula is C22H28BrN3O3S. The highest BCUT2D eigenvalue weighted by Gasteiger charge is 2.22. The minimum Gasteiger partial charge on any atom is -0.325 e. The maximum atomic E-state index is 12.5. The van der Waals surface area contributed by atoms with E-state index in [1.54, 1.807) is 24.3 Å². The standard InChI is InChI=1S/C22H28BrN3O3S/c1-17-4-3-5-21(18(17)2)24-22(27)16-26-12-10-25(11-13-26)14-15-30(28,29)20-8-6-19(23)7-9-20/h3-9H,10-16H2,1-2H3,(H,24,27). The van der Waals surface area contributed by atoms with Gasteiger partial charge in [0.2, 0.25) is 5.91 Å². The summed E-state index contributed by atoms with van der Waals surface area (Å²) >= 11 is 3.33. The Morgan fingerprint density at radius 3 is 2.30 bits per heavy atom. The van der Waals surface area contributed by atoms with Gasteiger partial charge >= 0.3 is 0 Å². The highest BCUT2D eigenvalue weighted by molar-refractivity contribution is 9.10. The van der Waals surface area contributed by atoms with Crippen LogP contribution in [0.3, 0.4) is 0 Å². The average Bonchev–Trinajstić information content (AvgIpc) is 2.71. The topological polar surface area (TPSA) is 69.7 Å². The number of nitrogens with zero attached hydrogens (tertiary/aromatic N) is 2.